The molecule has 3 aromatic rings. The average molecular weight is 619 g/mol. The topological polar surface area (TPSA) is 201 Å². The third kappa shape index (κ3) is 6.89. The molecule has 0 bridgehead atoms. The first-order valence-electron chi connectivity index (χ1n) is 13.1. The van der Waals surface area contributed by atoms with Gasteiger partial charge in [-0.15, -0.1) is 0 Å². The molecular weight excluding hydrogens is 592 g/mol. The van der Waals surface area contributed by atoms with Crippen molar-refractivity contribution >= 4 is 52.2 Å². The van der Waals surface area contributed by atoms with Gasteiger partial charge in [0.15, 0.2) is 17.6 Å². The lowest BCUT2D eigenvalue weighted by Crippen LogP contribution is -2.61. The Morgan fingerprint density at radius 1 is 0.795 bits per heavy atom. The van der Waals surface area contributed by atoms with Crippen LogP contribution in [0.1, 0.15) is 38.8 Å². The first-order valence-corrected chi connectivity index (χ1v) is 13.9. The van der Waals surface area contributed by atoms with Crippen molar-refractivity contribution in [2.45, 2.75) is 62.8 Å². The Hall–Kier alpha value is -5.18. The second-order valence-corrected chi connectivity index (χ2v) is 10.6. The second-order valence-electron chi connectivity index (χ2n) is 9.54. The van der Waals surface area contributed by atoms with Crippen molar-refractivity contribution in [1.29, 1.82) is 10.5 Å². The number of nitrogens with zero attached hydrogens (tertiary/aromatic N) is 3. The number of hydrogen-bond donors (Lipinski definition) is 1. The van der Waals surface area contributed by atoms with E-state index in [-0.39, 0.29) is 27.5 Å². The molecule has 226 valence electrons. The van der Waals surface area contributed by atoms with Crippen LogP contribution in [0.15, 0.2) is 47.5 Å². The normalized spacial score (nSPS) is 20.9. The van der Waals surface area contributed by atoms with Gasteiger partial charge in [-0.25, -0.2) is 4.98 Å². The SMILES string of the molecule is CC(=O)O[C@H]1O[C@@H](Sc2nc(N)c(C#N)c(-c3ccc4ccccc4c3)c2C#N)[C@H](OC(C)=O)[C@@H](OC(C)=O)[C@H]1OC(C)=O. The Labute approximate surface area is 255 Å². The monoisotopic (exact) mass is 618 g/mol. The molecule has 0 unspecified atom stereocenters. The van der Waals surface area contributed by atoms with Crippen molar-refractivity contribution in [3.05, 3.63) is 53.6 Å². The number of ether oxygens (including phenoxy) is 5. The molecule has 0 aliphatic carbocycles. The summed E-state index contributed by atoms with van der Waals surface area (Å²) in [5.41, 5.74) is 5.50. The van der Waals surface area contributed by atoms with Gasteiger partial charge in [0.05, 0.1) is 5.56 Å². The highest BCUT2D eigenvalue weighted by atomic mass is 32.2. The van der Waals surface area contributed by atoms with Crippen LogP contribution in [-0.2, 0) is 42.9 Å². The van der Waals surface area contributed by atoms with Gasteiger partial charge >= 0.3 is 23.9 Å². The highest BCUT2D eigenvalue weighted by Crippen LogP contribution is 2.42. The Kier molecular flexibility index (Phi) is 9.68. The summed E-state index contributed by atoms with van der Waals surface area (Å²) in [7, 11) is 0. The summed E-state index contributed by atoms with van der Waals surface area (Å²) in [4.78, 5) is 52.5. The molecule has 2 N–H and O–H groups in total. The molecule has 13 nitrogen and oxygen atoms in total. The molecule has 1 fully saturated rings. The molecule has 0 spiro atoms. The fourth-order valence-electron chi connectivity index (χ4n) is 4.72. The van der Waals surface area contributed by atoms with Crippen molar-refractivity contribution in [2.24, 2.45) is 0 Å². The summed E-state index contributed by atoms with van der Waals surface area (Å²) in [5, 5.41) is 22.1. The predicted octanol–water partition coefficient (Wildman–Crippen LogP) is 3.36. The maximum Gasteiger partial charge on any atom is 0.305 e. The maximum atomic E-state index is 12.2. The lowest BCUT2D eigenvalue weighted by molar-refractivity contribution is -0.280. The van der Waals surface area contributed by atoms with Crippen LogP contribution in [0, 0.1) is 22.7 Å². The van der Waals surface area contributed by atoms with Crippen LogP contribution >= 0.6 is 11.8 Å². The molecule has 5 atom stereocenters. The van der Waals surface area contributed by atoms with Crippen LogP contribution < -0.4 is 5.73 Å². The number of aromatic nitrogens is 1. The Morgan fingerprint density at radius 2 is 1.36 bits per heavy atom. The van der Waals surface area contributed by atoms with Gasteiger partial charge in [-0.2, -0.15) is 10.5 Å². The Balaban J connectivity index is 1.88. The van der Waals surface area contributed by atoms with Gasteiger partial charge < -0.3 is 29.4 Å². The highest BCUT2D eigenvalue weighted by molar-refractivity contribution is 7.99. The van der Waals surface area contributed by atoms with E-state index in [1.807, 2.05) is 36.4 Å². The zero-order valence-electron chi connectivity index (χ0n) is 23.9. The van der Waals surface area contributed by atoms with Crippen LogP contribution in [-0.4, -0.2) is 58.9 Å². The molecule has 1 aliphatic heterocycles. The third-order valence-electron chi connectivity index (χ3n) is 6.32. The predicted molar refractivity (Wildman–Crippen MR) is 154 cm³/mol. The van der Waals surface area contributed by atoms with Gasteiger partial charge in [0, 0.05) is 33.3 Å². The van der Waals surface area contributed by atoms with Crippen LogP contribution in [0.3, 0.4) is 0 Å². The van der Waals surface area contributed by atoms with Crippen LogP contribution in [0.5, 0.6) is 0 Å². The van der Waals surface area contributed by atoms with E-state index in [1.165, 1.54) is 0 Å². The number of nitriles is 2. The molecule has 1 saturated heterocycles. The van der Waals surface area contributed by atoms with Crippen LogP contribution in [0.2, 0.25) is 0 Å². The van der Waals surface area contributed by atoms with Gasteiger partial charge in [-0.1, -0.05) is 48.2 Å². The minimum absolute atomic E-state index is 0.0246. The number of benzene rings is 2. The van der Waals surface area contributed by atoms with Crippen molar-refractivity contribution in [1.82, 2.24) is 4.98 Å². The lowest BCUT2D eigenvalue weighted by atomic mass is 9.95. The minimum Gasteiger partial charge on any atom is -0.455 e. The summed E-state index contributed by atoms with van der Waals surface area (Å²) in [5.74, 6) is -3.47. The quantitative estimate of drug-likeness (QED) is 0.298. The van der Waals surface area contributed by atoms with Crippen LogP contribution in [0.25, 0.3) is 21.9 Å². The summed E-state index contributed by atoms with van der Waals surface area (Å²) < 4.78 is 27.4. The largest absolute Gasteiger partial charge is 0.455 e. The molecular formula is C30H26N4O9S. The van der Waals surface area contributed by atoms with E-state index in [9.17, 15) is 29.7 Å². The molecule has 14 heteroatoms. The van der Waals surface area contributed by atoms with E-state index in [4.69, 9.17) is 29.4 Å². The van der Waals surface area contributed by atoms with Crippen molar-refractivity contribution in [2.75, 3.05) is 5.73 Å². The number of anilines is 1. The number of rotatable bonds is 7. The van der Waals surface area contributed by atoms with Crippen molar-refractivity contribution < 1.29 is 42.9 Å². The zero-order chi connectivity index (χ0) is 32.1. The Morgan fingerprint density at radius 3 is 1.95 bits per heavy atom. The van der Waals surface area contributed by atoms with Crippen molar-refractivity contribution in [3.63, 3.8) is 0 Å². The molecule has 1 aliphatic rings. The summed E-state index contributed by atoms with van der Waals surface area (Å²) in [6, 6.07) is 17.0. The molecule has 44 heavy (non-hydrogen) atoms. The zero-order valence-corrected chi connectivity index (χ0v) is 24.7. The highest BCUT2D eigenvalue weighted by Gasteiger charge is 2.54. The number of fused-ring (bicyclic) bond motifs is 1. The van der Waals surface area contributed by atoms with Gasteiger partial charge in [0.25, 0.3) is 0 Å². The molecule has 0 amide bonds. The van der Waals surface area contributed by atoms with Gasteiger partial charge in [0.2, 0.25) is 12.4 Å². The van der Waals surface area contributed by atoms with E-state index in [0.29, 0.717) is 5.56 Å². The summed E-state index contributed by atoms with van der Waals surface area (Å²) in [6.45, 7) is 4.35. The number of pyridine rings is 1. The molecule has 4 rings (SSSR count). The van der Waals surface area contributed by atoms with E-state index in [1.54, 1.807) is 12.1 Å². The summed E-state index contributed by atoms with van der Waals surface area (Å²) >= 11 is 0.749. The fourth-order valence-corrected chi connectivity index (χ4v) is 5.86. The van der Waals surface area contributed by atoms with E-state index >= 15 is 0 Å². The Bertz CT molecular complexity index is 1730. The maximum absolute atomic E-state index is 12.2. The first kappa shape index (κ1) is 31.7. The molecule has 2 aromatic carbocycles. The number of nitrogen functional groups attached to an aromatic ring is 1. The van der Waals surface area contributed by atoms with Gasteiger partial charge in [-0.05, 0) is 22.4 Å². The fraction of sp³-hybridized carbons (Fsp3) is 0.300. The third-order valence-corrected chi connectivity index (χ3v) is 7.45. The number of esters is 4. The smallest absolute Gasteiger partial charge is 0.305 e. The number of hydrogen-bond acceptors (Lipinski definition) is 14. The average Bonchev–Trinajstić information content (AvgIpc) is 2.95. The number of carbonyl (C=O) groups excluding carboxylic acids is 4. The molecule has 1 aromatic heterocycles. The number of thioether (sulfide) groups is 1. The van der Waals surface area contributed by atoms with Crippen LogP contribution in [0.4, 0.5) is 5.82 Å². The summed E-state index contributed by atoms with van der Waals surface area (Å²) in [6.07, 6.45) is -6.10. The second kappa shape index (κ2) is 13.4. The van der Waals surface area contributed by atoms with Gasteiger partial charge in [0.1, 0.15) is 28.5 Å². The van der Waals surface area contributed by atoms with Crippen molar-refractivity contribution in [3.8, 4) is 23.3 Å². The van der Waals surface area contributed by atoms with Gasteiger partial charge in [-0.3, -0.25) is 19.2 Å². The number of carbonyl (C=O) groups is 4. The first-order chi connectivity index (χ1) is 20.9. The van der Waals surface area contributed by atoms with E-state index in [0.717, 1.165) is 50.2 Å². The molecule has 2 heterocycles. The van der Waals surface area contributed by atoms with E-state index in [2.05, 4.69) is 11.1 Å². The molecule has 0 saturated carbocycles. The molecule has 0 radical (unpaired) electrons. The standard InChI is InChI=1S/C30H26N4O9S/c1-14(35)39-24-25(40-15(2)36)29(42-17(4)38)43-30(26(24)41-16(3)37)44-28-22(13-32)23(21(12-31)27(33)34-28)20-10-9-18-7-5-6-8-19(18)11-20/h5-11,24-26,29-30H,1-4H3,(H2,33,34)/t24-,25+,26+,29-,30-/m0/s1. The number of nitrogens with two attached hydrogens (primary N) is 1. The minimum atomic E-state index is -1.62. The van der Waals surface area contributed by atoms with E-state index < -0.39 is 53.9 Å². The lowest BCUT2D eigenvalue weighted by Gasteiger charge is -2.43.